The van der Waals surface area contributed by atoms with Gasteiger partial charge in [-0.2, -0.15) is 0 Å². The Morgan fingerprint density at radius 3 is 1.15 bits per heavy atom. The second-order valence-electron chi connectivity index (χ2n) is 12.8. The van der Waals surface area contributed by atoms with Crippen LogP contribution in [0, 0.1) is 27.7 Å². The largest absolute Gasteiger partial charge is 0.314 e. The topological polar surface area (TPSA) is 14.8 Å². The van der Waals surface area contributed by atoms with Gasteiger partial charge in [-0.05, 0) is 105 Å². The fourth-order valence-electron chi connectivity index (χ4n) is 7.75. The standard InChI is InChI=1S/C44H35N3/c1-28-30(3)45(41-17-9-5-13-37(28)41)35-25-33(26-36(27-35)46-31(4)29(2)38-14-6-10-18-42(38)46)32-21-23-34(24-22-32)47-43-19-11-7-15-39(43)40-16-8-12-20-44(40)47/h5-27H,1-4H3. The van der Waals surface area contributed by atoms with Crippen molar-refractivity contribution in [3.63, 3.8) is 0 Å². The first-order chi connectivity index (χ1) is 23.0. The minimum absolute atomic E-state index is 1.16. The number of hydrogen-bond donors (Lipinski definition) is 0. The molecule has 0 fully saturated rings. The van der Waals surface area contributed by atoms with E-state index in [9.17, 15) is 0 Å². The predicted molar refractivity (Wildman–Crippen MR) is 199 cm³/mol. The summed E-state index contributed by atoms with van der Waals surface area (Å²) < 4.78 is 7.24. The summed E-state index contributed by atoms with van der Waals surface area (Å²) in [6, 6.07) is 51.0. The van der Waals surface area contributed by atoms with E-state index in [2.05, 4.69) is 181 Å². The lowest BCUT2D eigenvalue weighted by atomic mass is 10.0. The number of benzene rings is 6. The average Bonchev–Trinajstić information content (AvgIpc) is 3.68. The minimum Gasteiger partial charge on any atom is -0.314 e. The lowest BCUT2D eigenvalue weighted by Crippen LogP contribution is -2.02. The lowest BCUT2D eigenvalue weighted by molar-refractivity contribution is 1.01. The van der Waals surface area contributed by atoms with Crippen molar-refractivity contribution >= 4 is 43.6 Å². The highest BCUT2D eigenvalue weighted by Crippen LogP contribution is 2.37. The zero-order valence-electron chi connectivity index (χ0n) is 27.1. The SMILES string of the molecule is Cc1c(C)n(-c2cc(-c3ccc(-n4c5ccccc5c5ccccc54)cc3)cc(-n3c(C)c(C)c4ccccc43)c2)c2ccccc12. The molecule has 0 unspecified atom stereocenters. The third-order valence-corrected chi connectivity index (χ3v) is 10.3. The summed E-state index contributed by atoms with van der Waals surface area (Å²) in [5, 5.41) is 5.15. The van der Waals surface area contributed by atoms with Gasteiger partial charge in [-0.1, -0.05) is 84.9 Å². The van der Waals surface area contributed by atoms with Crippen LogP contribution in [0.3, 0.4) is 0 Å². The van der Waals surface area contributed by atoms with E-state index in [1.807, 2.05) is 0 Å². The third kappa shape index (κ3) is 4.06. The summed E-state index contributed by atoms with van der Waals surface area (Å²) in [5.74, 6) is 0. The smallest absolute Gasteiger partial charge is 0.0541 e. The number of aromatic nitrogens is 3. The number of aryl methyl sites for hydroxylation is 2. The van der Waals surface area contributed by atoms with Gasteiger partial charge < -0.3 is 13.7 Å². The first-order valence-electron chi connectivity index (χ1n) is 16.4. The van der Waals surface area contributed by atoms with E-state index in [0.717, 1.165) is 5.69 Å². The highest BCUT2D eigenvalue weighted by atomic mass is 15.0. The van der Waals surface area contributed by atoms with E-state index >= 15 is 0 Å². The fraction of sp³-hybridized carbons (Fsp3) is 0.0909. The van der Waals surface area contributed by atoms with E-state index in [1.54, 1.807) is 0 Å². The van der Waals surface area contributed by atoms with Crippen LogP contribution in [0.1, 0.15) is 22.5 Å². The van der Waals surface area contributed by atoms with Crippen LogP contribution in [0.5, 0.6) is 0 Å². The molecule has 0 aliphatic heterocycles. The zero-order valence-corrected chi connectivity index (χ0v) is 27.1. The monoisotopic (exact) mass is 605 g/mol. The summed E-state index contributed by atoms with van der Waals surface area (Å²) in [4.78, 5) is 0. The van der Waals surface area contributed by atoms with E-state index in [4.69, 9.17) is 0 Å². The summed E-state index contributed by atoms with van der Waals surface area (Å²) in [5.41, 5.74) is 16.0. The summed E-state index contributed by atoms with van der Waals surface area (Å²) in [7, 11) is 0. The molecule has 6 aromatic carbocycles. The average molecular weight is 606 g/mol. The molecule has 3 aromatic heterocycles. The van der Waals surface area contributed by atoms with Crippen molar-refractivity contribution in [2.45, 2.75) is 27.7 Å². The number of rotatable bonds is 4. The van der Waals surface area contributed by atoms with Gasteiger partial charge in [-0.25, -0.2) is 0 Å². The van der Waals surface area contributed by atoms with Gasteiger partial charge in [0.15, 0.2) is 0 Å². The maximum atomic E-state index is 2.43. The van der Waals surface area contributed by atoms with Gasteiger partial charge in [0.1, 0.15) is 0 Å². The Bertz CT molecular complexity index is 2500. The maximum Gasteiger partial charge on any atom is 0.0541 e. The molecule has 226 valence electrons. The minimum atomic E-state index is 1.16. The lowest BCUT2D eigenvalue weighted by Gasteiger charge is -2.17. The number of hydrogen-bond acceptors (Lipinski definition) is 0. The molecule has 3 nitrogen and oxygen atoms in total. The Morgan fingerprint density at radius 1 is 0.319 bits per heavy atom. The molecule has 0 saturated carbocycles. The van der Waals surface area contributed by atoms with Crippen LogP contribution in [0.25, 0.3) is 71.8 Å². The normalized spacial score (nSPS) is 11.8. The van der Waals surface area contributed by atoms with Crippen LogP contribution >= 0.6 is 0 Å². The van der Waals surface area contributed by atoms with Crippen LogP contribution in [0.4, 0.5) is 0 Å². The van der Waals surface area contributed by atoms with E-state index in [1.165, 1.54) is 88.6 Å². The van der Waals surface area contributed by atoms with Gasteiger partial charge >= 0.3 is 0 Å². The zero-order chi connectivity index (χ0) is 31.8. The van der Waals surface area contributed by atoms with E-state index in [0.29, 0.717) is 0 Å². The fourth-order valence-corrected chi connectivity index (χ4v) is 7.75. The first kappa shape index (κ1) is 27.5. The number of para-hydroxylation sites is 4. The quantitative estimate of drug-likeness (QED) is 0.190. The molecule has 3 heteroatoms. The third-order valence-electron chi connectivity index (χ3n) is 10.3. The number of nitrogens with zero attached hydrogens (tertiary/aromatic N) is 3. The van der Waals surface area contributed by atoms with Crippen molar-refractivity contribution in [2.24, 2.45) is 0 Å². The highest BCUT2D eigenvalue weighted by molar-refractivity contribution is 6.09. The summed E-state index contributed by atoms with van der Waals surface area (Å²) in [6.07, 6.45) is 0. The molecule has 0 amide bonds. The van der Waals surface area contributed by atoms with E-state index < -0.39 is 0 Å². The molecule has 47 heavy (non-hydrogen) atoms. The van der Waals surface area contributed by atoms with Crippen LogP contribution in [-0.4, -0.2) is 13.7 Å². The van der Waals surface area contributed by atoms with Gasteiger partial charge in [0.2, 0.25) is 0 Å². The predicted octanol–water partition coefficient (Wildman–Crippen LogP) is 11.6. The van der Waals surface area contributed by atoms with Crippen molar-refractivity contribution in [2.75, 3.05) is 0 Å². The molecule has 9 aromatic rings. The summed E-state index contributed by atoms with van der Waals surface area (Å²) >= 11 is 0. The Labute approximate surface area is 274 Å². The van der Waals surface area contributed by atoms with Crippen LogP contribution in [0.15, 0.2) is 140 Å². The van der Waals surface area contributed by atoms with Crippen molar-refractivity contribution < 1.29 is 0 Å². The molecule has 0 radical (unpaired) electrons. The molecule has 0 N–H and O–H groups in total. The molecule has 0 spiro atoms. The second kappa shape index (κ2) is 10.4. The molecule has 0 bridgehead atoms. The van der Waals surface area contributed by atoms with Crippen LogP contribution in [0.2, 0.25) is 0 Å². The molecule has 0 saturated heterocycles. The molecule has 9 rings (SSSR count). The van der Waals surface area contributed by atoms with Crippen molar-refractivity contribution in [1.82, 2.24) is 13.7 Å². The first-order valence-corrected chi connectivity index (χ1v) is 16.4. The molecule has 0 aliphatic rings. The molecule has 0 atom stereocenters. The van der Waals surface area contributed by atoms with Gasteiger partial charge in [0, 0.05) is 50.0 Å². The maximum absolute atomic E-state index is 2.43. The van der Waals surface area contributed by atoms with Crippen molar-refractivity contribution in [1.29, 1.82) is 0 Å². The molecule has 0 aliphatic carbocycles. The Morgan fingerprint density at radius 2 is 0.702 bits per heavy atom. The van der Waals surface area contributed by atoms with Crippen molar-refractivity contribution in [3.8, 4) is 28.2 Å². The Hall–Kier alpha value is -5.80. The van der Waals surface area contributed by atoms with Crippen LogP contribution < -0.4 is 0 Å². The molecular weight excluding hydrogens is 571 g/mol. The van der Waals surface area contributed by atoms with Gasteiger partial charge in [0.25, 0.3) is 0 Å². The van der Waals surface area contributed by atoms with Gasteiger partial charge in [-0.15, -0.1) is 0 Å². The molecular formula is C44H35N3. The molecule has 3 heterocycles. The van der Waals surface area contributed by atoms with Gasteiger partial charge in [0.05, 0.1) is 22.1 Å². The Kier molecular flexibility index (Phi) is 6.07. The van der Waals surface area contributed by atoms with Gasteiger partial charge in [-0.3, -0.25) is 0 Å². The van der Waals surface area contributed by atoms with Crippen LogP contribution in [-0.2, 0) is 0 Å². The Balaban J connectivity index is 1.27. The van der Waals surface area contributed by atoms with Crippen molar-refractivity contribution in [3.05, 3.63) is 162 Å². The second-order valence-corrected chi connectivity index (χ2v) is 12.8. The van der Waals surface area contributed by atoms with E-state index in [-0.39, 0.29) is 0 Å². The number of fused-ring (bicyclic) bond motifs is 5. The highest BCUT2D eigenvalue weighted by Gasteiger charge is 2.18. The summed E-state index contributed by atoms with van der Waals surface area (Å²) in [6.45, 7) is 8.95.